The van der Waals surface area contributed by atoms with Crippen LogP contribution in [-0.4, -0.2) is 63.7 Å². The van der Waals surface area contributed by atoms with Crippen molar-refractivity contribution in [2.75, 3.05) is 57.2 Å². The van der Waals surface area contributed by atoms with Gasteiger partial charge in [0.05, 0.1) is 26.3 Å². The number of benzene rings is 2. The maximum Gasteiger partial charge on any atom is 0.337 e. The van der Waals surface area contributed by atoms with Crippen LogP contribution < -0.4 is 15.0 Å². The highest BCUT2D eigenvalue weighted by Crippen LogP contribution is 2.21. The molecule has 1 aliphatic heterocycles. The monoisotopic (exact) mass is 397 g/mol. The first-order valence-corrected chi connectivity index (χ1v) is 9.60. The van der Waals surface area contributed by atoms with E-state index in [9.17, 15) is 9.59 Å². The summed E-state index contributed by atoms with van der Waals surface area (Å²) in [5.41, 5.74) is 3.11. The molecule has 0 radical (unpaired) electrons. The smallest absolute Gasteiger partial charge is 0.337 e. The van der Waals surface area contributed by atoms with Crippen LogP contribution in [0, 0.1) is 6.92 Å². The first-order valence-electron chi connectivity index (χ1n) is 9.60. The Bertz CT molecular complexity index is 859. The quantitative estimate of drug-likeness (QED) is 0.756. The van der Waals surface area contributed by atoms with Crippen molar-refractivity contribution >= 4 is 23.3 Å². The van der Waals surface area contributed by atoms with Gasteiger partial charge in [0.15, 0.2) is 0 Å². The van der Waals surface area contributed by atoms with E-state index in [2.05, 4.69) is 27.2 Å². The molecule has 0 aromatic heterocycles. The first kappa shape index (κ1) is 20.7. The van der Waals surface area contributed by atoms with Crippen LogP contribution >= 0.6 is 0 Å². The summed E-state index contributed by atoms with van der Waals surface area (Å²) in [5.74, 6) is 0.332. The van der Waals surface area contributed by atoms with Crippen molar-refractivity contribution in [1.82, 2.24) is 4.90 Å². The average Bonchev–Trinajstić information content (AvgIpc) is 2.75. The van der Waals surface area contributed by atoms with E-state index < -0.39 is 5.97 Å². The maximum atomic E-state index is 12.5. The van der Waals surface area contributed by atoms with Crippen molar-refractivity contribution in [3.63, 3.8) is 0 Å². The molecular formula is C22H27N3O4. The summed E-state index contributed by atoms with van der Waals surface area (Å²) in [5, 5.41) is 2.92. The molecule has 1 fully saturated rings. The average molecular weight is 397 g/mol. The summed E-state index contributed by atoms with van der Waals surface area (Å²) in [6, 6.07) is 13.2. The number of aryl methyl sites for hydroxylation is 1. The molecule has 1 heterocycles. The van der Waals surface area contributed by atoms with Gasteiger partial charge in [-0.05, 0) is 48.9 Å². The molecule has 1 aliphatic rings. The normalized spacial score (nSPS) is 14.4. The van der Waals surface area contributed by atoms with Gasteiger partial charge in [0.25, 0.3) is 0 Å². The van der Waals surface area contributed by atoms with Crippen LogP contribution in [0.1, 0.15) is 15.9 Å². The Balaban J connectivity index is 1.52. The molecule has 29 heavy (non-hydrogen) atoms. The number of carbonyl (C=O) groups is 2. The minimum Gasteiger partial charge on any atom is -0.497 e. The number of nitrogens with zero attached hydrogens (tertiary/aromatic N) is 2. The van der Waals surface area contributed by atoms with Gasteiger partial charge in [0.2, 0.25) is 5.91 Å². The van der Waals surface area contributed by atoms with Crippen LogP contribution in [-0.2, 0) is 9.53 Å². The van der Waals surface area contributed by atoms with Crippen LogP contribution in [0.5, 0.6) is 5.75 Å². The maximum absolute atomic E-state index is 12.5. The van der Waals surface area contributed by atoms with Crippen LogP contribution in [0.4, 0.5) is 11.4 Å². The topological polar surface area (TPSA) is 71.1 Å². The molecule has 2 aromatic carbocycles. The van der Waals surface area contributed by atoms with Gasteiger partial charge in [0.1, 0.15) is 5.75 Å². The van der Waals surface area contributed by atoms with Gasteiger partial charge in [-0.25, -0.2) is 4.79 Å². The molecule has 0 spiro atoms. The molecule has 0 saturated carbocycles. The van der Waals surface area contributed by atoms with E-state index in [0.717, 1.165) is 43.2 Å². The van der Waals surface area contributed by atoms with Crippen molar-refractivity contribution in [3.05, 3.63) is 53.6 Å². The van der Waals surface area contributed by atoms with Gasteiger partial charge < -0.3 is 19.7 Å². The SMILES string of the molecule is COC(=O)c1ccc(C)c(NC(=O)CN2CCN(c3ccc(OC)cc3)CC2)c1. The molecule has 2 aromatic rings. The number of rotatable bonds is 6. The lowest BCUT2D eigenvalue weighted by Crippen LogP contribution is -2.48. The van der Waals surface area contributed by atoms with Gasteiger partial charge in [0, 0.05) is 37.6 Å². The standard InChI is InChI=1S/C22H27N3O4/c1-16-4-5-17(22(27)29-3)14-20(16)23-21(26)15-24-10-12-25(13-11-24)18-6-8-19(28-2)9-7-18/h4-9,14H,10-13,15H2,1-3H3,(H,23,26). The van der Waals surface area contributed by atoms with E-state index in [1.807, 2.05) is 19.1 Å². The number of methoxy groups -OCH3 is 2. The molecule has 1 N–H and O–H groups in total. The number of hydrogen-bond donors (Lipinski definition) is 1. The Hall–Kier alpha value is -3.06. The molecule has 1 amide bonds. The van der Waals surface area contributed by atoms with E-state index in [1.165, 1.54) is 7.11 Å². The molecule has 0 aliphatic carbocycles. The van der Waals surface area contributed by atoms with Crippen molar-refractivity contribution in [1.29, 1.82) is 0 Å². The Kier molecular flexibility index (Phi) is 6.72. The number of anilines is 2. The van der Waals surface area contributed by atoms with E-state index in [0.29, 0.717) is 17.8 Å². The Morgan fingerprint density at radius 2 is 1.69 bits per heavy atom. The summed E-state index contributed by atoms with van der Waals surface area (Å²) < 4.78 is 9.95. The largest absolute Gasteiger partial charge is 0.497 e. The zero-order valence-corrected chi connectivity index (χ0v) is 17.1. The van der Waals surface area contributed by atoms with Crippen LogP contribution in [0.3, 0.4) is 0 Å². The number of nitrogens with one attached hydrogen (secondary N) is 1. The predicted octanol–water partition coefficient (Wildman–Crippen LogP) is 2.55. The second kappa shape index (κ2) is 9.43. The van der Waals surface area contributed by atoms with Crippen molar-refractivity contribution in [2.45, 2.75) is 6.92 Å². The van der Waals surface area contributed by atoms with Crippen molar-refractivity contribution in [2.24, 2.45) is 0 Å². The Labute approximate surface area is 171 Å². The molecule has 7 heteroatoms. The molecule has 0 bridgehead atoms. The summed E-state index contributed by atoms with van der Waals surface area (Å²) in [6.45, 7) is 5.54. The molecule has 154 valence electrons. The van der Waals surface area contributed by atoms with Crippen LogP contribution in [0.2, 0.25) is 0 Å². The molecule has 3 rings (SSSR count). The fourth-order valence-corrected chi connectivity index (χ4v) is 3.35. The Morgan fingerprint density at radius 3 is 2.31 bits per heavy atom. The number of amides is 1. The van der Waals surface area contributed by atoms with E-state index in [-0.39, 0.29) is 5.91 Å². The predicted molar refractivity (Wildman–Crippen MR) is 113 cm³/mol. The molecule has 0 atom stereocenters. The summed E-state index contributed by atoms with van der Waals surface area (Å²) in [4.78, 5) is 28.7. The fourth-order valence-electron chi connectivity index (χ4n) is 3.35. The number of carbonyl (C=O) groups excluding carboxylic acids is 2. The highest BCUT2D eigenvalue weighted by Gasteiger charge is 2.20. The van der Waals surface area contributed by atoms with Gasteiger partial charge >= 0.3 is 5.97 Å². The summed E-state index contributed by atoms with van der Waals surface area (Å²) in [7, 11) is 3.00. The zero-order chi connectivity index (χ0) is 20.8. The molecule has 7 nitrogen and oxygen atoms in total. The van der Waals surface area contributed by atoms with E-state index in [4.69, 9.17) is 9.47 Å². The second-order valence-electron chi connectivity index (χ2n) is 7.03. The molecule has 1 saturated heterocycles. The third-order valence-electron chi connectivity index (χ3n) is 5.11. The first-order chi connectivity index (χ1) is 14.0. The summed E-state index contributed by atoms with van der Waals surface area (Å²) in [6.07, 6.45) is 0. The molecule has 0 unspecified atom stereocenters. The highest BCUT2D eigenvalue weighted by atomic mass is 16.5. The lowest BCUT2D eigenvalue weighted by Gasteiger charge is -2.35. The molecular weight excluding hydrogens is 370 g/mol. The lowest BCUT2D eigenvalue weighted by molar-refractivity contribution is -0.117. The number of esters is 1. The van der Waals surface area contributed by atoms with Gasteiger partial charge in [-0.1, -0.05) is 6.07 Å². The second-order valence-corrected chi connectivity index (χ2v) is 7.03. The van der Waals surface area contributed by atoms with E-state index in [1.54, 1.807) is 25.3 Å². The van der Waals surface area contributed by atoms with Gasteiger partial charge in [-0.15, -0.1) is 0 Å². The highest BCUT2D eigenvalue weighted by molar-refractivity contribution is 5.96. The Morgan fingerprint density at radius 1 is 1.00 bits per heavy atom. The minimum absolute atomic E-state index is 0.0898. The third-order valence-corrected chi connectivity index (χ3v) is 5.11. The van der Waals surface area contributed by atoms with Crippen molar-refractivity contribution < 1.29 is 19.1 Å². The number of ether oxygens (including phenoxy) is 2. The third kappa shape index (κ3) is 5.26. The fraction of sp³-hybridized carbons (Fsp3) is 0.364. The van der Waals surface area contributed by atoms with Crippen molar-refractivity contribution in [3.8, 4) is 5.75 Å². The van der Waals surface area contributed by atoms with Crippen LogP contribution in [0.25, 0.3) is 0 Å². The zero-order valence-electron chi connectivity index (χ0n) is 17.1. The van der Waals surface area contributed by atoms with E-state index >= 15 is 0 Å². The van der Waals surface area contributed by atoms with Gasteiger partial charge in [-0.3, -0.25) is 9.69 Å². The lowest BCUT2D eigenvalue weighted by atomic mass is 10.1. The number of piperazine rings is 1. The summed E-state index contributed by atoms with van der Waals surface area (Å²) >= 11 is 0. The van der Waals surface area contributed by atoms with Gasteiger partial charge in [-0.2, -0.15) is 0 Å². The number of hydrogen-bond acceptors (Lipinski definition) is 6. The minimum atomic E-state index is -0.421. The van der Waals surface area contributed by atoms with Crippen LogP contribution in [0.15, 0.2) is 42.5 Å².